The first kappa shape index (κ1) is 9.34. The molecule has 3 nitrogen and oxygen atoms in total. The number of hydrogen-bond donors (Lipinski definition) is 1. The van der Waals surface area contributed by atoms with Gasteiger partial charge in [0.15, 0.2) is 11.5 Å². The molecule has 0 radical (unpaired) electrons. The second kappa shape index (κ2) is 2.89. The van der Waals surface area contributed by atoms with Crippen molar-refractivity contribution in [1.82, 2.24) is 0 Å². The highest BCUT2D eigenvalue weighted by Gasteiger charge is 2.41. The van der Waals surface area contributed by atoms with Crippen molar-refractivity contribution in [3.8, 4) is 11.5 Å². The lowest BCUT2D eigenvalue weighted by molar-refractivity contribution is -0.000269. The van der Waals surface area contributed by atoms with Crippen LogP contribution < -0.4 is 9.47 Å². The number of fused-ring (bicyclic) bond motifs is 1. The molecule has 0 saturated heterocycles. The minimum absolute atomic E-state index is 0.572. The van der Waals surface area contributed by atoms with Gasteiger partial charge >= 0.3 is 0 Å². The van der Waals surface area contributed by atoms with E-state index in [1.165, 1.54) is 0 Å². The molecule has 0 amide bonds. The first-order valence-electron chi connectivity index (χ1n) is 4.60. The molecule has 0 saturated carbocycles. The molecule has 76 valence electrons. The molecule has 14 heavy (non-hydrogen) atoms. The predicted octanol–water partition coefficient (Wildman–Crippen LogP) is 1.90. The van der Waals surface area contributed by atoms with Gasteiger partial charge in [-0.05, 0) is 19.9 Å². The summed E-state index contributed by atoms with van der Waals surface area (Å²) < 4.78 is 10.8. The fourth-order valence-electron chi connectivity index (χ4n) is 1.71. The quantitative estimate of drug-likeness (QED) is 0.742. The molecular formula is C11H14O3. The average Bonchev–Trinajstić information content (AvgIpc) is 2.38. The van der Waals surface area contributed by atoms with Crippen molar-refractivity contribution in [2.45, 2.75) is 25.6 Å². The first-order valence-corrected chi connectivity index (χ1v) is 4.60. The zero-order valence-electron chi connectivity index (χ0n) is 8.57. The third kappa shape index (κ3) is 1.16. The van der Waals surface area contributed by atoms with Gasteiger partial charge in [-0.2, -0.15) is 0 Å². The molecule has 0 bridgehead atoms. The minimum atomic E-state index is -0.590. The highest BCUT2D eigenvalue weighted by atomic mass is 16.5. The number of benzene rings is 1. The standard InChI is InChI=1S/C11H14O3/c1-11(2)10(12)7-5-4-6-8(13-3)9(7)14-11/h4-6,10,12H,1-3H3. The summed E-state index contributed by atoms with van der Waals surface area (Å²) in [4.78, 5) is 0. The number of aliphatic hydroxyl groups is 1. The maximum absolute atomic E-state index is 9.95. The normalized spacial score (nSPS) is 22.7. The molecule has 1 aliphatic heterocycles. The van der Waals surface area contributed by atoms with Crippen molar-refractivity contribution < 1.29 is 14.6 Å². The number of methoxy groups -OCH3 is 1. The summed E-state index contributed by atoms with van der Waals surface area (Å²) in [6.45, 7) is 3.72. The molecule has 1 atom stereocenters. The maximum atomic E-state index is 9.95. The third-order valence-electron chi connectivity index (χ3n) is 2.55. The lowest BCUT2D eigenvalue weighted by Crippen LogP contribution is -2.29. The van der Waals surface area contributed by atoms with Crippen LogP contribution in [0.2, 0.25) is 0 Å². The van der Waals surface area contributed by atoms with Gasteiger partial charge in [0.2, 0.25) is 0 Å². The van der Waals surface area contributed by atoms with Crippen LogP contribution in [0.5, 0.6) is 11.5 Å². The summed E-state index contributed by atoms with van der Waals surface area (Å²) in [5.41, 5.74) is 0.228. The molecule has 1 N–H and O–H groups in total. The Morgan fingerprint density at radius 2 is 2.14 bits per heavy atom. The monoisotopic (exact) mass is 194 g/mol. The first-order chi connectivity index (χ1) is 6.56. The lowest BCUT2D eigenvalue weighted by atomic mass is 9.98. The fourth-order valence-corrected chi connectivity index (χ4v) is 1.71. The fraction of sp³-hybridized carbons (Fsp3) is 0.455. The van der Waals surface area contributed by atoms with E-state index in [0.717, 1.165) is 5.56 Å². The Labute approximate surface area is 83.3 Å². The van der Waals surface area contributed by atoms with Crippen molar-refractivity contribution in [2.75, 3.05) is 7.11 Å². The van der Waals surface area contributed by atoms with Gasteiger partial charge in [-0.25, -0.2) is 0 Å². The van der Waals surface area contributed by atoms with Gasteiger partial charge in [0.05, 0.1) is 7.11 Å². The van der Waals surface area contributed by atoms with E-state index < -0.39 is 11.7 Å². The molecule has 3 heteroatoms. The Morgan fingerprint density at radius 1 is 1.43 bits per heavy atom. The number of ether oxygens (including phenoxy) is 2. The van der Waals surface area contributed by atoms with Crippen LogP contribution in [-0.2, 0) is 0 Å². The van der Waals surface area contributed by atoms with E-state index >= 15 is 0 Å². The zero-order valence-corrected chi connectivity index (χ0v) is 8.57. The van der Waals surface area contributed by atoms with Crippen LogP contribution in [0, 0.1) is 0 Å². The van der Waals surface area contributed by atoms with Gasteiger partial charge in [-0.15, -0.1) is 0 Å². The van der Waals surface area contributed by atoms with Gasteiger partial charge in [0.25, 0.3) is 0 Å². The average molecular weight is 194 g/mol. The molecule has 2 rings (SSSR count). The number of hydrogen-bond acceptors (Lipinski definition) is 3. The van der Waals surface area contributed by atoms with Gasteiger partial charge in [0, 0.05) is 5.56 Å². The Kier molecular flexibility index (Phi) is 1.93. The van der Waals surface area contributed by atoms with E-state index in [2.05, 4.69) is 0 Å². The molecule has 0 fully saturated rings. The van der Waals surface area contributed by atoms with E-state index in [0.29, 0.717) is 11.5 Å². The molecule has 0 spiro atoms. The van der Waals surface area contributed by atoms with Gasteiger partial charge in [0.1, 0.15) is 11.7 Å². The summed E-state index contributed by atoms with van der Waals surface area (Å²) in [6.07, 6.45) is -0.590. The van der Waals surface area contributed by atoms with Crippen molar-refractivity contribution >= 4 is 0 Å². The lowest BCUT2D eigenvalue weighted by Gasteiger charge is -2.21. The Bertz CT molecular complexity index is 358. The van der Waals surface area contributed by atoms with Crippen LogP contribution in [0.15, 0.2) is 18.2 Å². The van der Waals surface area contributed by atoms with Crippen molar-refractivity contribution in [2.24, 2.45) is 0 Å². The number of aliphatic hydroxyl groups excluding tert-OH is 1. The Hall–Kier alpha value is -1.22. The molecule has 1 aliphatic rings. The van der Waals surface area contributed by atoms with Crippen LogP contribution in [-0.4, -0.2) is 17.8 Å². The number of para-hydroxylation sites is 1. The molecule has 0 aliphatic carbocycles. The van der Waals surface area contributed by atoms with E-state index in [1.54, 1.807) is 7.11 Å². The van der Waals surface area contributed by atoms with Crippen molar-refractivity contribution in [3.63, 3.8) is 0 Å². The van der Waals surface area contributed by atoms with Crippen LogP contribution >= 0.6 is 0 Å². The summed E-state index contributed by atoms with van der Waals surface area (Å²) in [7, 11) is 1.59. The summed E-state index contributed by atoms with van der Waals surface area (Å²) in [5.74, 6) is 1.33. The van der Waals surface area contributed by atoms with E-state index in [-0.39, 0.29) is 0 Å². The molecule has 0 aromatic heterocycles. The SMILES string of the molecule is COc1cccc2c1OC(C)(C)C2O. The zero-order chi connectivity index (χ0) is 10.3. The van der Waals surface area contributed by atoms with Crippen molar-refractivity contribution in [1.29, 1.82) is 0 Å². The molecule has 1 heterocycles. The van der Waals surface area contributed by atoms with E-state index in [4.69, 9.17) is 9.47 Å². The Balaban J connectivity index is 2.53. The highest BCUT2D eigenvalue weighted by Crippen LogP contribution is 2.47. The second-order valence-corrected chi connectivity index (χ2v) is 3.99. The molecule has 1 aromatic carbocycles. The minimum Gasteiger partial charge on any atom is -0.493 e. The van der Waals surface area contributed by atoms with Gasteiger partial charge in [-0.3, -0.25) is 0 Å². The van der Waals surface area contributed by atoms with Crippen LogP contribution in [0.1, 0.15) is 25.5 Å². The largest absolute Gasteiger partial charge is 0.493 e. The van der Waals surface area contributed by atoms with Gasteiger partial charge < -0.3 is 14.6 Å². The molecule has 1 unspecified atom stereocenters. The van der Waals surface area contributed by atoms with Crippen LogP contribution in [0.3, 0.4) is 0 Å². The third-order valence-corrected chi connectivity index (χ3v) is 2.55. The number of rotatable bonds is 1. The summed E-state index contributed by atoms with van der Waals surface area (Å²) in [6, 6.07) is 5.54. The van der Waals surface area contributed by atoms with Crippen molar-refractivity contribution in [3.05, 3.63) is 23.8 Å². The Morgan fingerprint density at radius 3 is 2.79 bits per heavy atom. The molecular weight excluding hydrogens is 180 g/mol. The van der Waals surface area contributed by atoms with E-state index in [9.17, 15) is 5.11 Å². The van der Waals surface area contributed by atoms with E-state index in [1.807, 2.05) is 32.0 Å². The summed E-state index contributed by atoms with van der Waals surface area (Å²) >= 11 is 0. The molecule has 1 aromatic rings. The predicted molar refractivity (Wildman–Crippen MR) is 52.7 cm³/mol. The highest BCUT2D eigenvalue weighted by molar-refractivity contribution is 5.51. The van der Waals surface area contributed by atoms with Crippen LogP contribution in [0.25, 0.3) is 0 Å². The second-order valence-electron chi connectivity index (χ2n) is 3.99. The maximum Gasteiger partial charge on any atom is 0.168 e. The summed E-state index contributed by atoms with van der Waals surface area (Å²) in [5, 5.41) is 9.95. The van der Waals surface area contributed by atoms with Crippen LogP contribution in [0.4, 0.5) is 0 Å². The smallest absolute Gasteiger partial charge is 0.168 e. The van der Waals surface area contributed by atoms with Gasteiger partial charge in [-0.1, -0.05) is 12.1 Å². The topological polar surface area (TPSA) is 38.7 Å².